The van der Waals surface area contributed by atoms with Crippen molar-refractivity contribution < 1.29 is 17.9 Å². The maximum absolute atomic E-state index is 13.8. The lowest BCUT2D eigenvalue weighted by Gasteiger charge is -2.09. The van der Waals surface area contributed by atoms with E-state index in [2.05, 4.69) is 19.5 Å². The molecule has 0 fully saturated rings. The minimum absolute atomic E-state index is 0.164. The first kappa shape index (κ1) is 17.2. The van der Waals surface area contributed by atoms with Gasteiger partial charge in [-0.1, -0.05) is 12.2 Å². The molecule has 1 N–H and O–H groups in total. The van der Waals surface area contributed by atoms with Crippen molar-refractivity contribution in [3.63, 3.8) is 0 Å². The van der Waals surface area contributed by atoms with Gasteiger partial charge in [0.2, 0.25) is 0 Å². The van der Waals surface area contributed by atoms with Gasteiger partial charge in [0, 0.05) is 17.1 Å². The van der Waals surface area contributed by atoms with E-state index in [1.54, 1.807) is 18.2 Å². The number of halogens is 3. The third-order valence-corrected chi connectivity index (χ3v) is 3.88. The highest BCUT2D eigenvalue weighted by Crippen LogP contribution is 2.26. The number of nitrogens with zero attached hydrogens (tertiary/aromatic N) is 1. The first-order chi connectivity index (χ1) is 12.0. The number of anilines is 1. The van der Waals surface area contributed by atoms with Crippen molar-refractivity contribution in [1.82, 2.24) is 4.98 Å². The summed E-state index contributed by atoms with van der Waals surface area (Å²) in [6.07, 6.45) is 7.02. The van der Waals surface area contributed by atoms with Gasteiger partial charge in [0.15, 0.2) is 11.6 Å². The normalized spacial score (nSPS) is 14.2. The summed E-state index contributed by atoms with van der Waals surface area (Å²) in [5, 5.41) is 3.52. The number of hydrogen-bond donors (Lipinski definition) is 1. The highest BCUT2D eigenvalue weighted by atomic mass is 31.0. The van der Waals surface area contributed by atoms with Crippen LogP contribution < -0.4 is 10.1 Å². The molecule has 0 radical (unpaired) electrons. The molecule has 1 aliphatic carbocycles. The van der Waals surface area contributed by atoms with E-state index in [4.69, 9.17) is 4.74 Å². The van der Waals surface area contributed by atoms with Crippen LogP contribution in [0, 0.1) is 11.6 Å². The maximum Gasteiger partial charge on any atom is 0.162 e. The van der Waals surface area contributed by atoms with Gasteiger partial charge in [0.25, 0.3) is 0 Å². The van der Waals surface area contributed by atoms with Crippen molar-refractivity contribution in [1.29, 1.82) is 0 Å². The Morgan fingerprint density at radius 1 is 1.00 bits per heavy atom. The minimum Gasteiger partial charge on any atom is -0.456 e. The quantitative estimate of drug-likeness (QED) is 0.733. The van der Waals surface area contributed by atoms with Crippen molar-refractivity contribution in [2.45, 2.75) is 6.42 Å². The van der Waals surface area contributed by atoms with Gasteiger partial charge in [-0.15, -0.1) is 9.24 Å². The molecular formula is C18H14F3N2OP. The van der Waals surface area contributed by atoms with Gasteiger partial charge in [-0.3, -0.25) is 0 Å². The molecule has 25 heavy (non-hydrogen) atoms. The van der Waals surface area contributed by atoms with Crippen LogP contribution in [0.1, 0.15) is 6.42 Å². The van der Waals surface area contributed by atoms with E-state index in [0.29, 0.717) is 29.0 Å². The number of ether oxygens (including phenoxy) is 1. The molecule has 1 atom stereocenters. The fraction of sp³-hybridized carbons (Fsp3) is 0.0556. The van der Waals surface area contributed by atoms with Crippen LogP contribution >= 0.6 is 9.24 Å². The van der Waals surface area contributed by atoms with Crippen LogP contribution in [0.25, 0.3) is 0 Å². The van der Waals surface area contributed by atoms with Crippen LogP contribution in [0.4, 0.5) is 19.0 Å². The fourth-order valence-electron chi connectivity index (χ4n) is 2.12. The number of pyridine rings is 1. The number of benzene rings is 1. The number of nitrogens with one attached hydrogen (secondary N) is 1. The number of allylic oxidation sites excluding steroid dienone is 5. The van der Waals surface area contributed by atoms with Gasteiger partial charge in [0.05, 0.1) is 6.20 Å². The van der Waals surface area contributed by atoms with E-state index in [0.717, 1.165) is 12.1 Å². The molecule has 0 saturated carbocycles. The zero-order chi connectivity index (χ0) is 17.8. The third-order valence-electron chi connectivity index (χ3n) is 3.37. The Bertz CT molecular complexity index is 876. The van der Waals surface area contributed by atoms with Gasteiger partial charge >= 0.3 is 0 Å². The second-order valence-corrected chi connectivity index (χ2v) is 5.85. The lowest BCUT2D eigenvalue weighted by Crippen LogP contribution is -1.99. The van der Waals surface area contributed by atoms with Gasteiger partial charge in [-0.25, -0.2) is 18.2 Å². The Labute approximate surface area is 145 Å². The molecule has 1 aromatic heterocycles. The molecule has 0 bridgehead atoms. The maximum atomic E-state index is 13.8. The molecule has 0 saturated heterocycles. The Hall–Kier alpha value is -2.59. The largest absolute Gasteiger partial charge is 0.456 e. The molecule has 0 amide bonds. The Morgan fingerprint density at radius 3 is 2.52 bits per heavy atom. The van der Waals surface area contributed by atoms with E-state index < -0.39 is 11.6 Å². The summed E-state index contributed by atoms with van der Waals surface area (Å²) >= 11 is 0. The van der Waals surface area contributed by atoms with Gasteiger partial charge in [-0.05, 0) is 36.8 Å². The second-order valence-electron chi connectivity index (χ2n) is 5.23. The number of aromatic nitrogens is 1. The molecule has 0 aliphatic heterocycles. The van der Waals surface area contributed by atoms with Crippen LogP contribution in [0.2, 0.25) is 0 Å². The predicted octanol–water partition coefficient (Wildman–Crippen LogP) is 5.46. The molecule has 1 unspecified atom stereocenters. The molecular weight excluding hydrogens is 348 g/mol. The summed E-state index contributed by atoms with van der Waals surface area (Å²) < 4.78 is 45.2. The molecule has 1 aromatic carbocycles. The van der Waals surface area contributed by atoms with E-state index in [-0.39, 0.29) is 11.6 Å². The fourth-order valence-corrected chi connectivity index (χ4v) is 2.33. The zero-order valence-corrected chi connectivity index (χ0v) is 14.1. The smallest absolute Gasteiger partial charge is 0.162 e. The van der Waals surface area contributed by atoms with Crippen molar-refractivity contribution in [2.75, 3.05) is 5.32 Å². The Morgan fingerprint density at radius 2 is 1.80 bits per heavy atom. The van der Waals surface area contributed by atoms with Crippen molar-refractivity contribution in [3.8, 4) is 11.5 Å². The molecule has 2 aromatic rings. The minimum atomic E-state index is -0.986. The summed E-state index contributed by atoms with van der Waals surface area (Å²) in [5.74, 6) is -1.23. The van der Waals surface area contributed by atoms with Crippen LogP contribution in [0.15, 0.2) is 71.6 Å². The monoisotopic (exact) mass is 362 g/mol. The lowest BCUT2D eigenvalue weighted by molar-refractivity contribution is 0.460. The second kappa shape index (κ2) is 7.53. The Kier molecular flexibility index (Phi) is 5.19. The van der Waals surface area contributed by atoms with E-state index in [1.165, 1.54) is 18.3 Å². The van der Waals surface area contributed by atoms with E-state index >= 15 is 0 Å². The molecule has 128 valence electrons. The highest BCUT2D eigenvalue weighted by molar-refractivity contribution is 7.23. The van der Waals surface area contributed by atoms with Crippen molar-refractivity contribution >= 4 is 15.1 Å². The first-order valence-electron chi connectivity index (χ1n) is 7.40. The van der Waals surface area contributed by atoms with Gasteiger partial charge in [0.1, 0.15) is 23.1 Å². The SMILES string of the molecule is FC1=CC(Nc2ccc(Oc3ccc(F)c(F)c3)cn2)=CCC=C1P. The van der Waals surface area contributed by atoms with Crippen LogP contribution in [-0.4, -0.2) is 4.98 Å². The molecule has 1 aliphatic rings. The van der Waals surface area contributed by atoms with Crippen LogP contribution in [0.3, 0.4) is 0 Å². The number of hydrogen-bond acceptors (Lipinski definition) is 3. The standard InChI is InChI=1S/C18H14F3N2OP/c19-14-6-4-12(9-15(14)20)24-13-5-7-18(22-10-13)23-11-2-1-3-17(25)16(21)8-11/h2-10H,1,25H2,(H,22,23). The molecule has 1 heterocycles. The van der Waals surface area contributed by atoms with Crippen molar-refractivity contribution in [3.05, 3.63) is 83.2 Å². The molecule has 7 heteroatoms. The summed E-state index contributed by atoms with van der Waals surface area (Å²) in [4.78, 5) is 4.16. The molecule has 3 nitrogen and oxygen atoms in total. The molecule has 3 rings (SSSR count). The average molecular weight is 362 g/mol. The summed E-state index contributed by atoms with van der Waals surface area (Å²) in [6, 6.07) is 6.53. The lowest BCUT2D eigenvalue weighted by atomic mass is 10.3. The van der Waals surface area contributed by atoms with E-state index in [1.807, 2.05) is 6.08 Å². The van der Waals surface area contributed by atoms with Gasteiger partial charge < -0.3 is 10.1 Å². The third kappa shape index (κ3) is 4.48. The summed E-state index contributed by atoms with van der Waals surface area (Å²) in [7, 11) is 2.35. The molecule has 0 spiro atoms. The van der Waals surface area contributed by atoms with Gasteiger partial charge in [-0.2, -0.15) is 0 Å². The van der Waals surface area contributed by atoms with Crippen molar-refractivity contribution in [2.24, 2.45) is 0 Å². The first-order valence-corrected chi connectivity index (χ1v) is 7.98. The van der Waals surface area contributed by atoms with Crippen LogP contribution in [-0.2, 0) is 0 Å². The summed E-state index contributed by atoms with van der Waals surface area (Å²) in [6.45, 7) is 0. The predicted molar refractivity (Wildman–Crippen MR) is 94.0 cm³/mol. The number of rotatable bonds is 4. The zero-order valence-electron chi connectivity index (χ0n) is 13.0. The average Bonchev–Trinajstić information content (AvgIpc) is 2.74. The Balaban J connectivity index is 1.68. The summed E-state index contributed by atoms with van der Waals surface area (Å²) in [5.41, 5.74) is 0.591. The van der Waals surface area contributed by atoms with Crippen LogP contribution in [0.5, 0.6) is 11.5 Å². The topological polar surface area (TPSA) is 34.1 Å². The highest BCUT2D eigenvalue weighted by Gasteiger charge is 2.07. The van der Waals surface area contributed by atoms with E-state index in [9.17, 15) is 13.2 Å².